The Morgan fingerprint density at radius 3 is 1.85 bits per heavy atom. The zero-order valence-electron chi connectivity index (χ0n) is 12.0. The molecule has 0 saturated heterocycles. The second-order valence-corrected chi connectivity index (χ2v) is 4.63. The first-order valence-corrected chi connectivity index (χ1v) is 6.21. The molecule has 0 aliphatic rings. The first-order chi connectivity index (χ1) is 9.40. The summed E-state index contributed by atoms with van der Waals surface area (Å²) in [4.78, 5) is 15.9. The fourth-order valence-electron chi connectivity index (χ4n) is 1.20. The molecule has 0 spiro atoms. The number of aromatic nitrogens is 4. The number of hydrogen-bond donors (Lipinski definition) is 2. The smallest absolute Gasteiger partial charge is 0.141 e. The minimum Gasteiger partial charge on any atom is -0.382 e. The van der Waals surface area contributed by atoms with Crippen LogP contribution in [0.3, 0.4) is 0 Å². The standard InChI is InChI=1S/C7H11N3.C7H9N3/c2*1-5(2)6-3-10-7(8)4-9-6/h3-5H,1-2H3,(H2,8,10);3-4H,1H2,2H3,(H2,8,10). The number of rotatable bonds is 2. The van der Waals surface area contributed by atoms with Gasteiger partial charge in [-0.3, -0.25) is 9.97 Å². The van der Waals surface area contributed by atoms with Crippen LogP contribution in [-0.2, 0) is 0 Å². The van der Waals surface area contributed by atoms with Crippen molar-refractivity contribution in [2.24, 2.45) is 0 Å². The molecule has 0 aromatic carbocycles. The average molecular weight is 272 g/mol. The Morgan fingerprint density at radius 2 is 1.50 bits per heavy atom. The molecule has 0 bridgehead atoms. The highest BCUT2D eigenvalue weighted by Crippen LogP contribution is 2.09. The second-order valence-electron chi connectivity index (χ2n) is 4.63. The van der Waals surface area contributed by atoms with Crippen LogP contribution in [0.4, 0.5) is 11.6 Å². The lowest BCUT2D eigenvalue weighted by atomic mass is 10.1. The van der Waals surface area contributed by atoms with Gasteiger partial charge >= 0.3 is 0 Å². The van der Waals surface area contributed by atoms with Crippen LogP contribution < -0.4 is 11.5 Å². The van der Waals surface area contributed by atoms with E-state index in [4.69, 9.17) is 11.5 Å². The normalized spacial score (nSPS) is 9.80. The number of allylic oxidation sites excluding steroid dienone is 1. The van der Waals surface area contributed by atoms with E-state index in [9.17, 15) is 0 Å². The molecule has 106 valence electrons. The topological polar surface area (TPSA) is 104 Å². The maximum absolute atomic E-state index is 5.35. The molecule has 0 radical (unpaired) electrons. The Bertz CT molecular complexity index is 545. The number of nitrogen functional groups attached to an aromatic ring is 2. The van der Waals surface area contributed by atoms with Crippen molar-refractivity contribution in [3.63, 3.8) is 0 Å². The van der Waals surface area contributed by atoms with Crippen molar-refractivity contribution in [3.05, 3.63) is 42.8 Å². The van der Waals surface area contributed by atoms with E-state index in [1.54, 1.807) is 18.6 Å². The van der Waals surface area contributed by atoms with Gasteiger partial charge in [-0.05, 0) is 18.4 Å². The summed E-state index contributed by atoms with van der Waals surface area (Å²) in [6.45, 7) is 9.73. The monoisotopic (exact) mass is 272 g/mol. The lowest BCUT2D eigenvalue weighted by Gasteiger charge is -2.01. The fraction of sp³-hybridized carbons (Fsp3) is 0.286. The molecule has 4 N–H and O–H groups in total. The van der Waals surface area contributed by atoms with Crippen molar-refractivity contribution < 1.29 is 0 Å². The zero-order valence-corrected chi connectivity index (χ0v) is 12.0. The maximum Gasteiger partial charge on any atom is 0.141 e. The lowest BCUT2D eigenvalue weighted by molar-refractivity contribution is 0.813. The van der Waals surface area contributed by atoms with Gasteiger partial charge in [0.25, 0.3) is 0 Å². The van der Waals surface area contributed by atoms with Gasteiger partial charge in [-0.1, -0.05) is 20.4 Å². The highest BCUT2D eigenvalue weighted by molar-refractivity contribution is 5.56. The molecule has 0 aliphatic carbocycles. The molecule has 6 heteroatoms. The fourth-order valence-corrected chi connectivity index (χ4v) is 1.20. The highest BCUT2D eigenvalue weighted by atomic mass is 14.9. The largest absolute Gasteiger partial charge is 0.382 e. The predicted octanol–water partition coefficient (Wildman–Crippen LogP) is 2.27. The third-order valence-electron chi connectivity index (χ3n) is 2.39. The minimum absolute atomic E-state index is 0.424. The molecule has 2 aromatic rings. The van der Waals surface area contributed by atoms with Gasteiger partial charge in [0, 0.05) is 0 Å². The van der Waals surface area contributed by atoms with E-state index in [1.165, 1.54) is 6.20 Å². The van der Waals surface area contributed by atoms with Gasteiger partial charge in [-0.2, -0.15) is 0 Å². The molecule has 0 atom stereocenters. The average Bonchev–Trinajstić information content (AvgIpc) is 2.40. The van der Waals surface area contributed by atoms with Gasteiger partial charge in [0.05, 0.1) is 36.2 Å². The number of hydrogen-bond acceptors (Lipinski definition) is 6. The van der Waals surface area contributed by atoms with E-state index >= 15 is 0 Å². The van der Waals surface area contributed by atoms with E-state index in [1.807, 2.05) is 6.92 Å². The molecule has 0 aliphatic heterocycles. The van der Waals surface area contributed by atoms with Crippen molar-refractivity contribution in [1.82, 2.24) is 19.9 Å². The summed E-state index contributed by atoms with van der Waals surface area (Å²) in [5.41, 5.74) is 13.3. The molecule has 0 unspecified atom stereocenters. The van der Waals surface area contributed by atoms with E-state index < -0.39 is 0 Å². The number of nitrogens with zero attached hydrogens (tertiary/aromatic N) is 4. The summed E-state index contributed by atoms with van der Waals surface area (Å²) >= 11 is 0. The van der Waals surface area contributed by atoms with E-state index in [0.29, 0.717) is 17.6 Å². The van der Waals surface area contributed by atoms with Crippen LogP contribution in [0.2, 0.25) is 0 Å². The van der Waals surface area contributed by atoms with Crippen molar-refractivity contribution in [2.75, 3.05) is 11.5 Å². The van der Waals surface area contributed by atoms with Crippen LogP contribution in [0.25, 0.3) is 5.57 Å². The van der Waals surface area contributed by atoms with Crippen LogP contribution in [0.1, 0.15) is 38.1 Å². The Labute approximate surface area is 119 Å². The maximum atomic E-state index is 5.35. The molecule has 2 aromatic heterocycles. The first kappa shape index (κ1) is 15.6. The van der Waals surface area contributed by atoms with Crippen LogP contribution in [-0.4, -0.2) is 19.9 Å². The van der Waals surface area contributed by atoms with Crippen molar-refractivity contribution in [3.8, 4) is 0 Å². The van der Waals surface area contributed by atoms with Crippen molar-refractivity contribution in [1.29, 1.82) is 0 Å². The highest BCUT2D eigenvalue weighted by Gasteiger charge is 1.98. The minimum atomic E-state index is 0.424. The van der Waals surface area contributed by atoms with Crippen LogP contribution in [0.5, 0.6) is 0 Å². The molecule has 0 amide bonds. The third-order valence-corrected chi connectivity index (χ3v) is 2.39. The lowest BCUT2D eigenvalue weighted by Crippen LogP contribution is -1.96. The number of nitrogens with two attached hydrogens (primary N) is 2. The van der Waals surface area contributed by atoms with Gasteiger partial charge in [-0.15, -0.1) is 0 Å². The first-order valence-electron chi connectivity index (χ1n) is 6.21. The van der Waals surface area contributed by atoms with Gasteiger partial charge in [-0.25, -0.2) is 9.97 Å². The summed E-state index contributed by atoms with van der Waals surface area (Å²) in [5, 5.41) is 0. The van der Waals surface area contributed by atoms with Crippen molar-refractivity contribution >= 4 is 17.2 Å². The van der Waals surface area contributed by atoms with Gasteiger partial charge in [0.15, 0.2) is 0 Å². The van der Waals surface area contributed by atoms with Crippen LogP contribution in [0, 0.1) is 0 Å². The van der Waals surface area contributed by atoms with E-state index in [2.05, 4.69) is 40.4 Å². The molecule has 2 rings (SSSR count). The summed E-state index contributed by atoms with van der Waals surface area (Å²) in [6.07, 6.45) is 6.41. The van der Waals surface area contributed by atoms with E-state index in [-0.39, 0.29) is 0 Å². The Kier molecular flexibility index (Phi) is 5.58. The molecule has 6 nitrogen and oxygen atoms in total. The Hall–Kier alpha value is -2.50. The van der Waals surface area contributed by atoms with Gasteiger partial charge < -0.3 is 11.5 Å². The van der Waals surface area contributed by atoms with Gasteiger partial charge in [0.2, 0.25) is 0 Å². The molecule has 0 fully saturated rings. The molecule has 2 heterocycles. The summed E-state index contributed by atoms with van der Waals surface area (Å²) < 4.78 is 0. The second kappa shape index (κ2) is 7.18. The third kappa shape index (κ3) is 5.01. The Morgan fingerprint density at radius 1 is 0.950 bits per heavy atom. The molecule has 0 saturated carbocycles. The molecular weight excluding hydrogens is 252 g/mol. The predicted molar refractivity (Wildman–Crippen MR) is 81.7 cm³/mol. The molecule has 20 heavy (non-hydrogen) atoms. The SMILES string of the molecule is C=C(C)c1cnc(N)cn1.CC(C)c1cnc(N)cn1. The number of anilines is 2. The van der Waals surface area contributed by atoms with Crippen molar-refractivity contribution in [2.45, 2.75) is 26.7 Å². The Balaban J connectivity index is 0.000000200. The van der Waals surface area contributed by atoms with Crippen LogP contribution in [0.15, 0.2) is 31.4 Å². The van der Waals surface area contributed by atoms with E-state index in [0.717, 1.165) is 17.0 Å². The van der Waals surface area contributed by atoms with Crippen LogP contribution >= 0.6 is 0 Å². The summed E-state index contributed by atoms with van der Waals surface area (Å²) in [7, 11) is 0. The quantitative estimate of drug-likeness (QED) is 0.869. The van der Waals surface area contributed by atoms with Gasteiger partial charge in [0.1, 0.15) is 11.6 Å². The zero-order chi connectivity index (χ0) is 15.1. The molecular formula is C14H20N6. The summed E-state index contributed by atoms with van der Waals surface area (Å²) in [5.74, 6) is 1.34. The summed E-state index contributed by atoms with van der Waals surface area (Å²) in [6, 6.07) is 0.